The van der Waals surface area contributed by atoms with Gasteiger partial charge in [-0.2, -0.15) is 0 Å². The number of para-hydroxylation sites is 1. The van der Waals surface area contributed by atoms with Crippen molar-refractivity contribution >= 4 is 18.3 Å². The van der Waals surface area contributed by atoms with Crippen molar-refractivity contribution < 1.29 is 14.3 Å². The number of amides is 1. The van der Waals surface area contributed by atoms with Gasteiger partial charge in [0.25, 0.3) is 5.91 Å². The Morgan fingerprint density at radius 2 is 2.10 bits per heavy atom. The van der Waals surface area contributed by atoms with Gasteiger partial charge in [-0.3, -0.25) is 4.79 Å². The Hall–Kier alpha value is -1.46. The van der Waals surface area contributed by atoms with Crippen molar-refractivity contribution in [1.82, 2.24) is 5.32 Å². The van der Waals surface area contributed by atoms with Gasteiger partial charge in [-0.1, -0.05) is 25.0 Å². The third-order valence-corrected chi connectivity index (χ3v) is 3.58. The molecule has 0 aromatic heterocycles. The minimum Gasteiger partial charge on any atom is -0.493 e. The quantitative estimate of drug-likeness (QED) is 0.807. The summed E-state index contributed by atoms with van der Waals surface area (Å²) in [6, 6.07) is 6.28. The first-order valence-electron chi connectivity index (χ1n) is 7.01. The van der Waals surface area contributed by atoms with E-state index in [4.69, 9.17) is 15.2 Å². The third-order valence-electron chi connectivity index (χ3n) is 3.58. The van der Waals surface area contributed by atoms with Crippen LogP contribution >= 0.6 is 12.4 Å². The SMILES string of the molecule is COc1cccc(CNC2CCCC2)c1OCC(N)=O.Cl. The number of benzene rings is 1. The Kier molecular flexibility index (Phi) is 7.32. The van der Waals surface area contributed by atoms with Gasteiger partial charge in [0.1, 0.15) is 0 Å². The van der Waals surface area contributed by atoms with E-state index in [2.05, 4.69) is 5.32 Å². The lowest BCUT2D eigenvalue weighted by atomic mass is 10.1. The van der Waals surface area contributed by atoms with Crippen LogP contribution in [0.3, 0.4) is 0 Å². The Bertz CT molecular complexity index is 462. The molecule has 2 rings (SSSR count). The second-order valence-corrected chi connectivity index (χ2v) is 5.07. The van der Waals surface area contributed by atoms with E-state index >= 15 is 0 Å². The fraction of sp³-hybridized carbons (Fsp3) is 0.533. The number of nitrogens with two attached hydrogens (primary N) is 1. The Labute approximate surface area is 131 Å². The molecule has 0 spiro atoms. The first-order chi connectivity index (χ1) is 9.70. The lowest BCUT2D eigenvalue weighted by molar-refractivity contribution is -0.119. The van der Waals surface area contributed by atoms with E-state index in [-0.39, 0.29) is 19.0 Å². The number of ether oxygens (including phenoxy) is 2. The molecule has 1 aliphatic rings. The maximum Gasteiger partial charge on any atom is 0.255 e. The highest BCUT2D eigenvalue weighted by molar-refractivity contribution is 5.85. The minimum atomic E-state index is -0.495. The molecule has 1 fully saturated rings. The highest BCUT2D eigenvalue weighted by Crippen LogP contribution is 2.31. The van der Waals surface area contributed by atoms with Crippen molar-refractivity contribution in [1.29, 1.82) is 0 Å². The molecule has 0 bridgehead atoms. The number of halogens is 1. The van der Waals surface area contributed by atoms with Crippen LogP contribution in [-0.2, 0) is 11.3 Å². The van der Waals surface area contributed by atoms with Gasteiger partial charge in [0.15, 0.2) is 18.1 Å². The first-order valence-corrected chi connectivity index (χ1v) is 7.01. The molecule has 1 aliphatic carbocycles. The second kappa shape index (κ2) is 8.74. The molecular formula is C15H23ClN2O3. The van der Waals surface area contributed by atoms with E-state index < -0.39 is 5.91 Å². The van der Waals surface area contributed by atoms with Crippen LogP contribution in [-0.4, -0.2) is 25.7 Å². The average Bonchev–Trinajstić information content (AvgIpc) is 2.96. The number of hydrogen-bond acceptors (Lipinski definition) is 4. The number of nitrogens with one attached hydrogen (secondary N) is 1. The van der Waals surface area contributed by atoms with Crippen LogP contribution < -0.4 is 20.5 Å². The molecule has 6 heteroatoms. The van der Waals surface area contributed by atoms with Crippen LogP contribution in [0.5, 0.6) is 11.5 Å². The largest absolute Gasteiger partial charge is 0.493 e. The second-order valence-electron chi connectivity index (χ2n) is 5.07. The highest BCUT2D eigenvalue weighted by atomic mass is 35.5. The van der Waals surface area contributed by atoms with Crippen molar-refractivity contribution in [3.05, 3.63) is 23.8 Å². The van der Waals surface area contributed by atoms with E-state index in [0.717, 1.165) is 5.56 Å². The van der Waals surface area contributed by atoms with Gasteiger partial charge in [-0.05, 0) is 18.9 Å². The van der Waals surface area contributed by atoms with E-state index in [0.29, 0.717) is 24.1 Å². The summed E-state index contributed by atoms with van der Waals surface area (Å²) in [6.45, 7) is 0.562. The van der Waals surface area contributed by atoms with Crippen LogP contribution in [0, 0.1) is 0 Å². The lowest BCUT2D eigenvalue weighted by Crippen LogP contribution is -2.26. The van der Waals surface area contributed by atoms with Crippen LogP contribution in [0.25, 0.3) is 0 Å². The number of primary amides is 1. The van der Waals surface area contributed by atoms with Crippen molar-refractivity contribution in [2.75, 3.05) is 13.7 Å². The zero-order chi connectivity index (χ0) is 14.4. The first kappa shape index (κ1) is 17.6. The van der Waals surface area contributed by atoms with Gasteiger partial charge < -0.3 is 20.5 Å². The third kappa shape index (κ3) is 5.10. The average molecular weight is 315 g/mol. The molecule has 1 saturated carbocycles. The molecule has 118 valence electrons. The summed E-state index contributed by atoms with van der Waals surface area (Å²) in [4.78, 5) is 10.9. The number of carbonyl (C=O) groups is 1. The summed E-state index contributed by atoms with van der Waals surface area (Å²) >= 11 is 0. The van der Waals surface area contributed by atoms with Gasteiger partial charge in [-0.25, -0.2) is 0 Å². The Morgan fingerprint density at radius 1 is 1.38 bits per heavy atom. The standard InChI is InChI=1S/C15H22N2O3.ClH/c1-19-13-8-4-5-11(15(13)20-10-14(16)18)9-17-12-6-2-3-7-12;/h4-5,8,12,17H,2-3,6-7,9-10H2,1H3,(H2,16,18);1H. The summed E-state index contributed by atoms with van der Waals surface area (Å²) in [7, 11) is 1.58. The van der Waals surface area contributed by atoms with Crippen LogP contribution in [0.4, 0.5) is 0 Å². The lowest BCUT2D eigenvalue weighted by Gasteiger charge is -2.17. The molecule has 1 amide bonds. The number of rotatable bonds is 7. The molecular weight excluding hydrogens is 292 g/mol. The molecule has 0 heterocycles. The summed E-state index contributed by atoms with van der Waals surface area (Å²) in [6.07, 6.45) is 5.03. The van der Waals surface area contributed by atoms with Gasteiger partial charge in [-0.15, -0.1) is 12.4 Å². The van der Waals surface area contributed by atoms with Crippen molar-refractivity contribution in [2.45, 2.75) is 38.3 Å². The van der Waals surface area contributed by atoms with Gasteiger partial charge in [0.2, 0.25) is 0 Å². The summed E-state index contributed by atoms with van der Waals surface area (Å²) in [5.74, 6) is 0.724. The maximum absolute atomic E-state index is 10.9. The summed E-state index contributed by atoms with van der Waals surface area (Å²) < 4.78 is 10.8. The molecule has 0 unspecified atom stereocenters. The van der Waals surface area contributed by atoms with E-state index in [1.807, 2.05) is 18.2 Å². The predicted molar refractivity (Wildman–Crippen MR) is 84.0 cm³/mol. The molecule has 0 aliphatic heterocycles. The molecule has 0 atom stereocenters. The van der Waals surface area contributed by atoms with E-state index in [1.165, 1.54) is 25.7 Å². The van der Waals surface area contributed by atoms with Gasteiger partial charge >= 0.3 is 0 Å². The van der Waals surface area contributed by atoms with Crippen LogP contribution in [0.15, 0.2) is 18.2 Å². The highest BCUT2D eigenvalue weighted by Gasteiger charge is 2.16. The molecule has 1 aromatic carbocycles. The topological polar surface area (TPSA) is 73.6 Å². The zero-order valence-electron chi connectivity index (χ0n) is 12.3. The smallest absolute Gasteiger partial charge is 0.255 e. The summed E-state index contributed by atoms with van der Waals surface area (Å²) in [5, 5.41) is 3.53. The maximum atomic E-state index is 10.9. The molecule has 3 N–H and O–H groups in total. The van der Waals surface area contributed by atoms with Crippen molar-refractivity contribution in [3.8, 4) is 11.5 Å². The van der Waals surface area contributed by atoms with Crippen LogP contribution in [0.2, 0.25) is 0 Å². The monoisotopic (exact) mass is 314 g/mol. The van der Waals surface area contributed by atoms with Gasteiger partial charge in [0, 0.05) is 18.2 Å². The molecule has 1 aromatic rings. The Morgan fingerprint density at radius 3 is 2.71 bits per heavy atom. The minimum absolute atomic E-state index is 0. The number of carbonyl (C=O) groups excluding carboxylic acids is 1. The molecule has 21 heavy (non-hydrogen) atoms. The van der Waals surface area contributed by atoms with Gasteiger partial charge in [0.05, 0.1) is 7.11 Å². The Balaban J connectivity index is 0.00000220. The molecule has 5 nitrogen and oxygen atoms in total. The number of hydrogen-bond donors (Lipinski definition) is 2. The zero-order valence-corrected chi connectivity index (χ0v) is 13.1. The summed E-state index contributed by atoms with van der Waals surface area (Å²) in [5.41, 5.74) is 6.12. The fourth-order valence-electron chi connectivity index (χ4n) is 2.55. The number of methoxy groups -OCH3 is 1. The predicted octanol–water partition coefficient (Wildman–Crippen LogP) is 2.01. The molecule has 0 saturated heterocycles. The van der Waals surface area contributed by atoms with Crippen molar-refractivity contribution in [3.63, 3.8) is 0 Å². The fourth-order valence-corrected chi connectivity index (χ4v) is 2.55. The molecule has 0 radical (unpaired) electrons. The van der Waals surface area contributed by atoms with E-state index in [1.54, 1.807) is 7.11 Å². The van der Waals surface area contributed by atoms with Crippen molar-refractivity contribution in [2.24, 2.45) is 5.73 Å². The van der Waals surface area contributed by atoms with E-state index in [9.17, 15) is 4.79 Å². The normalized spacial score (nSPS) is 14.5. The van der Waals surface area contributed by atoms with Crippen LogP contribution in [0.1, 0.15) is 31.2 Å².